The second kappa shape index (κ2) is 6.44. The van der Waals surface area contributed by atoms with Gasteiger partial charge >= 0.3 is 0 Å². The van der Waals surface area contributed by atoms with Crippen molar-refractivity contribution in [3.05, 3.63) is 66.2 Å². The molecule has 1 N–H and O–H groups in total. The lowest BCUT2D eigenvalue weighted by molar-refractivity contribution is -0.127. The molecule has 116 valence electrons. The fourth-order valence-electron chi connectivity index (χ4n) is 2.58. The molecule has 1 saturated heterocycles. The number of Topliss-reactive ketones (excluding diaryl/α,β-unsaturated/α-hetero) is 1. The van der Waals surface area contributed by atoms with E-state index in [0.717, 1.165) is 0 Å². The zero-order chi connectivity index (χ0) is 16.2. The van der Waals surface area contributed by atoms with E-state index in [4.69, 9.17) is 0 Å². The Kier molecular flexibility index (Phi) is 4.19. The molecule has 0 saturated carbocycles. The fourth-order valence-corrected chi connectivity index (χ4v) is 2.58. The molecule has 0 spiro atoms. The predicted molar refractivity (Wildman–Crippen MR) is 85.6 cm³/mol. The van der Waals surface area contributed by atoms with Gasteiger partial charge in [-0.15, -0.1) is 0 Å². The molecule has 2 aromatic carbocycles. The molecule has 0 bridgehead atoms. The Morgan fingerprint density at radius 2 is 1.57 bits per heavy atom. The summed E-state index contributed by atoms with van der Waals surface area (Å²) in [5, 5.41) is 1.25. The van der Waals surface area contributed by atoms with Crippen LogP contribution in [-0.4, -0.2) is 17.6 Å². The third kappa shape index (κ3) is 3.13. The van der Waals surface area contributed by atoms with Gasteiger partial charge in [0.2, 0.25) is 0 Å². The van der Waals surface area contributed by atoms with Gasteiger partial charge in [0.05, 0.1) is 5.69 Å². The van der Waals surface area contributed by atoms with Gasteiger partial charge in [-0.3, -0.25) is 19.8 Å². The van der Waals surface area contributed by atoms with E-state index < -0.39 is 5.92 Å². The van der Waals surface area contributed by atoms with E-state index in [1.165, 1.54) is 5.01 Å². The average molecular weight is 308 g/mol. The van der Waals surface area contributed by atoms with Gasteiger partial charge < -0.3 is 0 Å². The summed E-state index contributed by atoms with van der Waals surface area (Å²) in [6, 6.07) is 17.8. The molecule has 1 fully saturated rings. The van der Waals surface area contributed by atoms with Crippen molar-refractivity contribution in [2.75, 3.05) is 5.01 Å². The molecule has 23 heavy (non-hydrogen) atoms. The van der Waals surface area contributed by atoms with E-state index in [9.17, 15) is 14.4 Å². The van der Waals surface area contributed by atoms with Crippen LogP contribution in [0.5, 0.6) is 0 Å². The molecule has 1 unspecified atom stereocenters. The third-order valence-corrected chi connectivity index (χ3v) is 3.83. The molecule has 0 radical (unpaired) electrons. The van der Waals surface area contributed by atoms with Crippen molar-refractivity contribution >= 4 is 23.3 Å². The van der Waals surface area contributed by atoms with E-state index in [2.05, 4.69) is 5.43 Å². The van der Waals surface area contributed by atoms with Crippen LogP contribution in [0.2, 0.25) is 0 Å². The van der Waals surface area contributed by atoms with Crippen LogP contribution in [0.4, 0.5) is 5.69 Å². The minimum atomic E-state index is -0.817. The zero-order valence-corrected chi connectivity index (χ0v) is 12.4. The molecule has 2 amide bonds. The van der Waals surface area contributed by atoms with Crippen molar-refractivity contribution in [1.29, 1.82) is 0 Å². The Hall–Kier alpha value is -2.95. The minimum absolute atomic E-state index is 0.0654. The number of amides is 2. The van der Waals surface area contributed by atoms with Crippen molar-refractivity contribution < 1.29 is 14.4 Å². The number of ketones is 1. The van der Waals surface area contributed by atoms with E-state index in [0.29, 0.717) is 11.3 Å². The van der Waals surface area contributed by atoms with Crippen LogP contribution in [0.25, 0.3) is 0 Å². The number of rotatable bonds is 5. The molecule has 0 aromatic heterocycles. The van der Waals surface area contributed by atoms with Crippen LogP contribution < -0.4 is 10.4 Å². The lowest BCUT2D eigenvalue weighted by atomic mass is 9.98. The van der Waals surface area contributed by atoms with Gasteiger partial charge in [-0.25, -0.2) is 5.01 Å². The molecule has 0 aliphatic carbocycles. The molecule has 5 nitrogen and oxygen atoms in total. The first-order valence-electron chi connectivity index (χ1n) is 7.44. The Labute approximate surface area is 133 Å². The summed E-state index contributed by atoms with van der Waals surface area (Å²) in [6.45, 7) is 0. The van der Waals surface area contributed by atoms with Gasteiger partial charge in [0.25, 0.3) is 11.8 Å². The number of carbonyl (C=O) groups excluding carboxylic acids is 3. The van der Waals surface area contributed by atoms with Crippen LogP contribution in [-0.2, 0) is 9.59 Å². The highest BCUT2D eigenvalue weighted by molar-refractivity contribution is 6.14. The molecular weight excluding hydrogens is 292 g/mol. The number of nitrogens with zero attached hydrogens (tertiary/aromatic N) is 1. The Morgan fingerprint density at radius 1 is 0.957 bits per heavy atom. The summed E-state index contributed by atoms with van der Waals surface area (Å²) in [4.78, 5) is 36.5. The summed E-state index contributed by atoms with van der Waals surface area (Å²) in [6.07, 6.45) is 0.373. The lowest BCUT2D eigenvalue weighted by Crippen LogP contribution is -2.35. The molecule has 5 heteroatoms. The number of benzene rings is 2. The fraction of sp³-hybridized carbons (Fsp3) is 0.167. The standard InChI is InChI=1S/C18H16N2O3/c21-16(13-7-3-1-4-8-13)12-11-15-17(22)19-20(18(15)23)14-9-5-2-6-10-14/h1-10,15H,11-12H2,(H,19,22). The second-order valence-electron chi connectivity index (χ2n) is 5.37. The molecule has 1 aliphatic rings. The Morgan fingerprint density at radius 3 is 2.22 bits per heavy atom. The van der Waals surface area contributed by atoms with Crippen molar-refractivity contribution in [3.63, 3.8) is 0 Å². The van der Waals surface area contributed by atoms with Gasteiger partial charge in [-0.05, 0) is 18.6 Å². The van der Waals surface area contributed by atoms with Crippen LogP contribution in [0.3, 0.4) is 0 Å². The van der Waals surface area contributed by atoms with Crippen LogP contribution in [0.15, 0.2) is 60.7 Å². The van der Waals surface area contributed by atoms with Crippen LogP contribution in [0.1, 0.15) is 23.2 Å². The smallest absolute Gasteiger partial charge is 0.258 e. The summed E-state index contributed by atoms with van der Waals surface area (Å²) in [5.74, 6) is -1.56. The van der Waals surface area contributed by atoms with Crippen molar-refractivity contribution in [1.82, 2.24) is 5.43 Å². The van der Waals surface area contributed by atoms with Crippen molar-refractivity contribution in [2.24, 2.45) is 5.92 Å². The molecule has 3 rings (SSSR count). The first-order valence-corrected chi connectivity index (χ1v) is 7.44. The molecule has 2 aromatic rings. The number of para-hydroxylation sites is 1. The van der Waals surface area contributed by atoms with Crippen LogP contribution >= 0.6 is 0 Å². The van der Waals surface area contributed by atoms with Crippen molar-refractivity contribution in [2.45, 2.75) is 12.8 Å². The predicted octanol–water partition coefficient (Wildman–Crippen LogP) is 2.34. The average Bonchev–Trinajstić information content (AvgIpc) is 2.88. The molecule has 1 heterocycles. The molecule has 1 aliphatic heterocycles. The zero-order valence-electron chi connectivity index (χ0n) is 12.4. The highest BCUT2D eigenvalue weighted by Gasteiger charge is 2.39. The highest BCUT2D eigenvalue weighted by atomic mass is 16.2. The number of anilines is 1. The SMILES string of the molecule is O=C(CCC1C(=O)NN(c2ccccc2)C1=O)c1ccccc1. The largest absolute Gasteiger partial charge is 0.294 e. The van der Waals surface area contributed by atoms with Gasteiger partial charge in [-0.1, -0.05) is 48.5 Å². The summed E-state index contributed by atoms with van der Waals surface area (Å²) < 4.78 is 0. The minimum Gasteiger partial charge on any atom is -0.294 e. The van der Waals surface area contributed by atoms with Crippen molar-refractivity contribution in [3.8, 4) is 0 Å². The Balaban J connectivity index is 1.66. The monoisotopic (exact) mass is 308 g/mol. The van der Waals surface area contributed by atoms with E-state index in [1.54, 1.807) is 48.5 Å². The first kappa shape index (κ1) is 15.0. The third-order valence-electron chi connectivity index (χ3n) is 3.83. The van der Waals surface area contributed by atoms with Gasteiger partial charge in [0.15, 0.2) is 5.78 Å². The van der Waals surface area contributed by atoms with Gasteiger partial charge in [-0.2, -0.15) is 0 Å². The maximum atomic E-state index is 12.4. The highest BCUT2D eigenvalue weighted by Crippen LogP contribution is 2.23. The van der Waals surface area contributed by atoms with E-state index in [-0.39, 0.29) is 30.4 Å². The summed E-state index contributed by atoms with van der Waals surface area (Å²) in [7, 11) is 0. The first-order chi connectivity index (χ1) is 11.2. The normalized spacial score (nSPS) is 17.2. The maximum Gasteiger partial charge on any atom is 0.258 e. The molecule has 1 atom stereocenters. The topological polar surface area (TPSA) is 66.5 Å². The maximum absolute atomic E-state index is 12.4. The molecular formula is C18H16N2O3. The second-order valence-corrected chi connectivity index (χ2v) is 5.37. The summed E-state index contributed by atoms with van der Waals surface area (Å²) in [5.41, 5.74) is 3.78. The van der Waals surface area contributed by atoms with Gasteiger partial charge in [0, 0.05) is 12.0 Å². The lowest BCUT2D eigenvalue weighted by Gasteiger charge is -2.15. The van der Waals surface area contributed by atoms with E-state index >= 15 is 0 Å². The van der Waals surface area contributed by atoms with Gasteiger partial charge in [0.1, 0.15) is 5.92 Å². The van der Waals surface area contributed by atoms with Crippen LogP contribution in [0, 0.1) is 5.92 Å². The number of hydrazine groups is 1. The quantitative estimate of drug-likeness (QED) is 0.681. The number of hydrogen-bond acceptors (Lipinski definition) is 3. The number of nitrogens with one attached hydrogen (secondary N) is 1. The number of hydrogen-bond donors (Lipinski definition) is 1. The number of carbonyl (C=O) groups is 3. The van der Waals surface area contributed by atoms with E-state index in [1.807, 2.05) is 12.1 Å². The Bertz CT molecular complexity index is 728. The summed E-state index contributed by atoms with van der Waals surface area (Å²) >= 11 is 0.